The van der Waals surface area contributed by atoms with Gasteiger partial charge in [-0.25, -0.2) is 4.68 Å². The molecule has 1 aliphatic heterocycles. The van der Waals surface area contributed by atoms with E-state index in [9.17, 15) is 0 Å². The molecule has 6 heteroatoms. The first-order valence-corrected chi connectivity index (χ1v) is 7.79. The van der Waals surface area contributed by atoms with Gasteiger partial charge in [-0.05, 0) is 50.6 Å². The van der Waals surface area contributed by atoms with E-state index in [1.165, 1.54) is 32.1 Å². The minimum atomic E-state index is 0.333. The summed E-state index contributed by atoms with van der Waals surface area (Å²) in [4.78, 5) is 11.3. The third kappa shape index (κ3) is 1.79. The van der Waals surface area contributed by atoms with Crippen molar-refractivity contribution in [2.45, 2.75) is 45.1 Å². The van der Waals surface area contributed by atoms with E-state index in [2.05, 4.69) is 19.5 Å². The molecule has 0 unspecified atom stereocenters. The van der Waals surface area contributed by atoms with Crippen LogP contribution in [0, 0.1) is 6.92 Å². The Hall–Kier alpha value is -1.36. The predicted octanol–water partition coefficient (Wildman–Crippen LogP) is 3.11. The molecule has 1 aliphatic carbocycles. The number of hydrogen-bond donors (Lipinski definition) is 0. The standard InChI is InChI=1S/C14H18ClN5/c1-9-11-12(19-7-2-3-8-19)16-14(15)17-13(11)20(18-9)10-5-4-6-10/h10H,2-8H2,1H3. The van der Waals surface area contributed by atoms with E-state index in [4.69, 9.17) is 16.7 Å². The Morgan fingerprint density at radius 3 is 2.50 bits per heavy atom. The van der Waals surface area contributed by atoms with Gasteiger partial charge in [0.05, 0.1) is 17.1 Å². The zero-order chi connectivity index (χ0) is 13.7. The Kier molecular flexibility index (Phi) is 2.84. The van der Waals surface area contributed by atoms with E-state index in [-0.39, 0.29) is 0 Å². The van der Waals surface area contributed by atoms with Crippen molar-refractivity contribution in [3.63, 3.8) is 0 Å². The second kappa shape index (κ2) is 4.58. The lowest BCUT2D eigenvalue weighted by Gasteiger charge is -2.26. The van der Waals surface area contributed by atoms with Crippen molar-refractivity contribution < 1.29 is 0 Å². The van der Waals surface area contributed by atoms with Crippen LogP contribution in [0.15, 0.2) is 0 Å². The first-order chi connectivity index (χ1) is 9.74. The van der Waals surface area contributed by atoms with Gasteiger partial charge in [0.25, 0.3) is 0 Å². The number of nitrogens with zero attached hydrogens (tertiary/aromatic N) is 5. The quantitative estimate of drug-likeness (QED) is 0.798. The average molecular weight is 292 g/mol. The molecule has 0 N–H and O–H groups in total. The van der Waals surface area contributed by atoms with Crippen LogP contribution in [0.5, 0.6) is 0 Å². The molecule has 2 aromatic rings. The average Bonchev–Trinajstić information content (AvgIpc) is 2.96. The fourth-order valence-electron chi connectivity index (χ4n) is 3.20. The maximum atomic E-state index is 6.16. The van der Waals surface area contributed by atoms with Crippen LogP contribution in [0.1, 0.15) is 43.8 Å². The number of aryl methyl sites for hydroxylation is 1. The highest BCUT2D eigenvalue weighted by molar-refractivity contribution is 6.28. The highest BCUT2D eigenvalue weighted by atomic mass is 35.5. The van der Waals surface area contributed by atoms with Crippen LogP contribution in [0.3, 0.4) is 0 Å². The summed E-state index contributed by atoms with van der Waals surface area (Å²) in [6.45, 7) is 4.15. The molecule has 4 rings (SSSR count). The molecule has 5 nitrogen and oxygen atoms in total. The first-order valence-electron chi connectivity index (χ1n) is 7.41. The zero-order valence-electron chi connectivity index (χ0n) is 11.6. The van der Waals surface area contributed by atoms with Gasteiger partial charge >= 0.3 is 0 Å². The van der Waals surface area contributed by atoms with Crippen LogP contribution in [0.4, 0.5) is 5.82 Å². The lowest BCUT2D eigenvalue weighted by Crippen LogP contribution is -2.21. The van der Waals surface area contributed by atoms with Gasteiger partial charge in [0.2, 0.25) is 5.28 Å². The Bertz CT molecular complexity index is 655. The fraction of sp³-hybridized carbons (Fsp3) is 0.643. The molecule has 2 fully saturated rings. The Labute approximate surface area is 122 Å². The highest BCUT2D eigenvalue weighted by Gasteiger charge is 2.27. The summed E-state index contributed by atoms with van der Waals surface area (Å²) >= 11 is 6.16. The van der Waals surface area contributed by atoms with E-state index < -0.39 is 0 Å². The second-order valence-electron chi connectivity index (χ2n) is 5.82. The maximum absolute atomic E-state index is 6.16. The van der Waals surface area contributed by atoms with Gasteiger partial charge in [0.1, 0.15) is 5.82 Å². The summed E-state index contributed by atoms with van der Waals surface area (Å²) in [7, 11) is 0. The number of aromatic nitrogens is 4. The SMILES string of the molecule is Cc1nn(C2CCC2)c2nc(Cl)nc(N3CCCC3)c12. The largest absolute Gasteiger partial charge is 0.356 e. The highest BCUT2D eigenvalue weighted by Crippen LogP contribution is 2.37. The van der Waals surface area contributed by atoms with Gasteiger partial charge in [-0.3, -0.25) is 0 Å². The Morgan fingerprint density at radius 2 is 1.85 bits per heavy atom. The van der Waals surface area contributed by atoms with E-state index in [1.807, 2.05) is 6.92 Å². The van der Waals surface area contributed by atoms with Gasteiger partial charge in [0, 0.05) is 13.1 Å². The maximum Gasteiger partial charge on any atom is 0.226 e. The van der Waals surface area contributed by atoms with E-state index >= 15 is 0 Å². The van der Waals surface area contributed by atoms with Crippen molar-refractivity contribution >= 4 is 28.5 Å². The minimum absolute atomic E-state index is 0.333. The van der Waals surface area contributed by atoms with Gasteiger partial charge < -0.3 is 4.90 Å². The number of halogens is 1. The lowest BCUT2D eigenvalue weighted by molar-refractivity contribution is 0.295. The topological polar surface area (TPSA) is 46.8 Å². The molecule has 0 spiro atoms. The zero-order valence-corrected chi connectivity index (χ0v) is 12.4. The minimum Gasteiger partial charge on any atom is -0.356 e. The monoisotopic (exact) mass is 291 g/mol. The van der Waals surface area contributed by atoms with Crippen molar-refractivity contribution in [2.24, 2.45) is 0 Å². The summed E-state index contributed by atoms with van der Waals surface area (Å²) in [5.74, 6) is 0.973. The van der Waals surface area contributed by atoms with Crippen LogP contribution in [-0.4, -0.2) is 32.8 Å². The van der Waals surface area contributed by atoms with E-state index in [0.717, 1.165) is 35.6 Å². The molecule has 20 heavy (non-hydrogen) atoms. The Morgan fingerprint density at radius 1 is 1.10 bits per heavy atom. The summed E-state index contributed by atoms with van der Waals surface area (Å²) in [6, 6.07) is 0.489. The molecule has 0 radical (unpaired) electrons. The molecular formula is C14H18ClN5. The second-order valence-corrected chi connectivity index (χ2v) is 6.16. The summed E-state index contributed by atoms with van der Waals surface area (Å²) in [5, 5.41) is 6.13. The van der Waals surface area contributed by atoms with Crippen molar-refractivity contribution in [3.8, 4) is 0 Å². The molecule has 2 aromatic heterocycles. The first kappa shape index (κ1) is 12.4. The third-order valence-electron chi connectivity index (χ3n) is 4.51. The van der Waals surface area contributed by atoms with Gasteiger partial charge in [-0.1, -0.05) is 0 Å². The molecule has 0 bridgehead atoms. The summed E-state index contributed by atoms with van der Waals surface area (Å²) in [6.07, 6.45) is 6.11. The smallest absolute Gasteiger partial charge is 0.226 e. The van der Waals surface area contributed by atoms with Crippen molar-refractivity contribution in [1.29, 1.82) is 0 Å². The van der Waals surface area contributed by atoms with Crippen LogP contribution in [-0.2, 0) is 0 Å². The molecule has 0 amide bonds. The number of anilines is 1. The van der Waals surface area contributed by atoms with Gasteiger partial charge in [-0.2, -0.15) is 15.1 Å². The lowest BCUT2D eigenvalue weighted by atomic mass is 9.93. The molecule has 0 atom stereocenters. The van der Waals surface area contributed by atoms with Gasteiger partial charge in [0.15, 0.2) is 5.65 Å². The Balaban J connectivity index is 1.92. The number of rotatable bonds is 2. The van der Waals surface area contributed by atoms with Crippen LogP contribution >= 0.6 is 11.6 Å². The molecule has 2 aliphatic rings. The van der Waals surface area contributed by atoms with Crippen molar-refractivity contribution in [3.05, 3.63) is 11.0 Å². The number of fused-ring (bicyclic) bond motifs is 1. The molecule has 3 heterocycles. The molecule has 1 saturated heterocycles. The summed E-state index contributed by atoms with van der Waals surface area (Å²) < 4.78 is 2.07. The van der Waals surface area contributed by atoms with Gasteiger partial charge in [-0.15, -0.1) is 0 Å². The van der Waals surface area contributed by atoms with Crippen LogP contribution in [0.2, 0.25) is 5.28 Å². The molecule has 106 valence electrons. The van der Waals surface area contributed by atoms with Crippen molar-refractivity contribution in [2.75, 3.05) is 18.0 Å². The summed E-state index contributed by atoms with van der Waals surface area (Å²) in [5.41, 5.74) is 1.93. The number of hydrogen-bond acceptors (Lipinski definition) is 4. The van der Waals surface area contributed by atoms with E-state index in [0.29, 0.717) is 11.3 Å². The third-order valence-corrected chi connectivity index (χ3v) is 4.68. The fourth-order valence-corrected chi connectivity index (χ4v) is 3.36. The molecule has 0 aromatic carbocycles. The molecular weight excluding hydrogens is 274 g/mol. The van der Waals surface area contributed by atoms with Crippen LogP contribution in [0.25, 0.3) is 11.0 Å². The van der Waals surface area contributed by atoms with Crippen LogP contribution < -0.4 is 4.90 Å². The normalized spacial score (nSPS) is 19.8. The molecule has 1 saturated carbocycles. The predicted molar refractivity (Wildman–Crippen MR) is 79.4 cm³/mol. The van der Waals surface area contributed by atoms with Crippen molar-refractivity contribution in [1.82, 2.24) is 19.7 Å². The van der Waals surface area contributed by atoms with E-state index in [1.54, 1.807) is 0 Å².